The molecule has 1 aromatic heterocycles. The van der Waals surface area contributed by atoms with Gasteiger partial charge >= 0.3 is 0 Å². The van der Waals surface area contributed by atoms with Crippen molar-refractivity contribution in [1.29, 1.82) is 0 Å². The Morgan fingerprint density at radius 3 is 2.70 bits per heavy atom. The van der Waals surface area contributed by atoms with Crippen molar-refractivity contribution in [2.45, 2.75) is 26.4 Å². The quantitative estimate of drug-likeness (QED) is 0.276. The summed E-state index contributed by atoms with van der Waals surface area (Å²) in [6.45, 7) is 5.81. The molecule has 0 saturated carbocycles. The van der Waals surface area contributed by atoms with E-state index in [1.165, 1.54) is 16.9 Å². The summed E-state index contributed by atoms with van der Waals surface area (Å²) in [5, 5.41) is 16.7. The molecule has 0 saturated heterocycles. The van der Waals surface area contributed by atoms with Crippen LogP contribution in [0.25, 0.3) is 0 Å². The molecule has 0 amide bonds. The number of nitrogens with zero attached hydrogens (tertiary/aromatic N) is 1. The Kier molecular flexibility index (Phi) is 11.1. The van der Waals surface area contributed by atoms with Crippen molar-refractivity contribution in [3.8, 4) is 5.75 Å². The monoisotopic (exact) mass is 523 g/mol. The van der Waals surface area contributed by atoms with E-state index in [9.17, 15) is 5.11 Å². The summed E-state index contributed by atoms with van der Waals surface area (Å²) in [5.74, 6) is 1.59. The zero-order valence-electron chi connectivity index (χ0n) is 15.8. The van der Waals surface area contributed by atoms with Crippen molar-refractivity contribution in [2.75, 3.05) is 26.7 Å². The molecule has 0 aliphatic heterocycles. The number of thiophene rings is 1. The molecule has 0 bridgehead atoms. The second-order valence-corrected chi connectivity index (χ2v) is 7.60. The number of methoxy groups -OCH3 is 1. The van der Waals surface area contributed by atoms with Crippen LogP contribution in [-0.4, -0.2) is 37.8 Å². The van der Waals surface area contributed by atoms with Crippen molar-refractivity contribution in [1.82, 2.24) is 10.6 Å². The van der Waals surface area contributed by atoms with Crippen LogP contribution in [0.5, 0.6) is 5.75 Å². The molecule has 2 aromatic rings. The fourth-order valence-corrected chi connectivity index (χ4v) is 3.50. The normalized spacial score (nSPS) is 12.3. The summed E-state index contributed by atoms with van der Waals surface area (Å²) in [5.41, 5.74) is 2.32. The van der Waals surface area contributed by atoms with Gasteiger partial charge in [0.15, 0.2) is 5.96 Å². The minimum absolute atomic E-state index is 0. The maximum Gasteiger partial charge on any atom is 0.191 e. The zero-order chi connectivity index (χ0) is 18.9. The van der Waals surface area contributed by atoms with Gasteiger partial charge in [0.05, 0.1) is 18.0 Å². The molecule has 1 unspecified atom stereocenters. The highest BCUT2D eigenvalue weighted by atomic mass is 127. The Balaban J connectivity index is 0.00000364. The van der Waals surface area contributed by atoms with Gasteiger partial charge in [-0.15, -0.1) is 35.3 Å². The average Bonchev–Trinajstić information content (AvgIpc) is 3.07. The molecular formula is C19H27ClIN3O2S. The first-order chi connectivity index (χ1) is 12.5. The van der Waals surface area contributed by atoms with Gasteiger partial charge in [-0.1, -0.05) is 23.7 Å². The number of guanidine groups is 1. The number of ether oxygens (including phenoxy) is 1. The summed E-state index contributed by atoms with van der Waals surface area (Å²) in [6, 6.07) is 9.85. The smallest absolute Gasteiger partial charge is 0.191 e. The number of aliphatic hydroxyl groups excluding tert-OH is 1. The molecule has 0 fully saturated rings. The molecule has 1 atom stereocenters. The molecule has 1 aromatic carbocycles. The van der Waals surface area contributed by atoms with Crippen molar-refractivity contribution in [3.05, 3.63) is 50.7 Å². The van der Waals surface area contributed by atoms with Crippen LogP contribution in [0.1, 0.15) is 29.0 Å². The van der Waals surface area contributed by atoms with E-state index in [1.807, 2.05) is 19.9 Å². The Bertz CT molecular complexity index is 739. The van der Waals surface area contributed by atoms with Crippen LogP contribution in [-0.2, 0) is 6.42 Å². The number of aliphatic hydroxyl groups is 1. The number of rotatable bonds is 8. The molecule has 27 heavy (non-hydrogen) atoms. The first-order valence-corrected chi connectivity index (χ1v) is 9.82. The van der Waals surface area contributed by atoms with Crippen molar-refractivity contribution in [2.24, 2.45) is 4.99 Å². The van der Waals surface area contributed by atoms with Gasteiger partial charge in [0, 0.05) is 18.0 Å². The van der Waals surface area contributed by atoms with Crippen molar-refractivity contribution < 1.29 is 9.84 Å². The Morgan fingerprint density at radius 2 is 2.07 bits per heavy atom. The van der Waals surface area contributed by atoms with Crippen LogP contribution in [0.2, 0.25) is 4.34 Å². The fraction of sp³-hybridized carbons (Fsp3) is 0.421. The van der Waals surface area contributed by atoms with Gasteiger partial charge in [0.1, 0.15) is 11.9 Å². The Morgan fingerprint density at radius 1 is 1.30 bits per heavy atom. The lowest BCUT2D eigenvalue weighted by Gasteiger charge is -2.13. The summed E-state index contributed by atoms with van der Waals surface area (Å²) in [4.78, 5) is 5.28. The van der Waals surface area contributed by atoms with Gasteiger partial charge in [0.2, 0.25) is 0 Å². The van der Waals surface area contributed by atoms with E-state index in [0.29, 0.717) is 10.3 Å². The first kappa shape index (κ1) is 24.0. The predicted molar refractivity (Wildman–Crippen MR) is 125 cm³/mol. The van der Waals surface area contributed by atoms with Crippen molar-refractivity contribution >= 4 is 52.9 Å². The molecule has 1 heterocycles. The van der Waals surface area contributed by atoms with Gasteiger partial charge in [-0.05, 0) is 49.6 Å². The summed E-state index contributed by atoms with van der Waals surface area (Å²) in [6.07, 6.45) is 0.203. The number of aryl methyl sites for hydroxylation is 1. The second kappa shape index (κ2) is 12.4. The molecular weight excluding hydrogens is 497 g/mol. The van der Waals surface area contributed by atoms with E-state index in [4.69, 9.17) is 16.3 Å². The zero-order valence-corrected chi connectivity index (χ0v) is 19.7. The molecule has 0 aliphatic carbocycles. The summed E-state index contributed by atoms with van der Waals surface area (Å²) < 4.78 is 6.04. The minimum Gasteiger partial charge on any atom is -0.496 e. The van der Waals surface area contributed by atoms with E-state index < -0.39 is 6.10 Å². The van der Waals surface area contributed by atoms with Crippen LogP contribution in [0.15, 0.2) is 35.3 Å². The van der Waals surface area contributed by atoms with Crippen LogP contribution in [0.3, 0.4) is 0 Å². The summed E-state index contributed by atoms with van der Waals surface area (Å²) >= 11 is 7.29. The average molecular weight is 524 g/mol. The third-order valence-electron chi connectivity index (χ3n) is 3.87. The third-order valence-corrected chi connectivity index (χ3v) is 5.20. The van der Waals surface area contributed by atoms with Gasteiger partial charge in [0.25, 0.3) is 0 Å². The standard InChI is InChI=1S/C19H26ClN3O2S.HI/c1-4-21-19(23-12-15(24)17-7-8-18(20)26-17)22-10-9-14-6-5-13(2)16(11-14)25-3;/h5-8,11,15,24H,4,9-10,12H2,1-3H3,(H2,21,22,23);1H. The maximum absolute atomic E-state index is 10.2. The topological polar surface area (TPSA) is 65.9 Å². The van der Waals surface area contributed by atoms with E-state index in [1.54, 1.807) is 13.2 Å². The van der Waals surface area contributed by atoms with Gasteiger partial charge in [-0.2, -0.15) is 0 Å². The highest BCUT2D eigenvalue weighted by Crippen LogP contribution is 2.26. The predicted octanol–water partition coefficient (Wildman–Crippen LogP) is 4.17. The van der Waals surface area contributed by atoms with Gasteiger partial charge < -0.3 is 20.5 Å². The second-order valence-electron chi connectivity index (χ2n) is 5.86. The minimum atomic E-state index is -0.649. The SMILES string of the molecule is CCNC(=NCC(O)c1ccc(Cl)s1)NCCc1ccc(C)c(OC)c1.I. The fourth-order valence-electron chi connectivity index (χ4n) is 2.46. The molecule has 2 rings (SSSR count). The number of halogens is 2. The lowest BCUT2D eigenvalue weighted by Crippen LogP contribution is -2.38. The molecule has 5 nitrogen and oxygen atoms in total. The van der Waals surface area contributed by atoms with Crippen LogP contribution in [0.4, 0.5) is 0 Å². The molecule has 0 aliphatic rings. The first-order valence-electron chi connectivity index (χ1n) is 8.62. The van der Waals surface area contributed by atoms with Gasteiger partial charge in [-0.3, -0.25) is 4.99 Å². The number of aliphatic imine (C=N–C) groups is 1. The number of hydrogen-bond acceptors (Lipinski definition) is 4. The van der Waals surface area contributed by atoms with E-state index in [2.05, 4.69) is 33.8 Å². The van der Waals surface area contributed by atoms with Gasteiger partial charge in [-0.25, -0.2) is 0 Å². The molecule has 0 spiro atoms. The van der Waals surface area contributed by atoms with E-state index in [0.717, 1.165) is 35.7 Å². The largest absolute Gasteiger partial charge is 0.496 e. The number of nitrogens with one attached hydrogen (secondary N) is 2. The molecule has 3 N–H and O–H groups in total. The highest BCUT2D eigenvalue weighted by Gasteiger charge is 2.10. The maximum atomic E-state index is 10.2. The Labute approximate surface area is 187 Å². The molecule has 150 valence electrons. The van der Waals surface area contributed by atoms with Crippen LogP contribution < -0.4 is 15.4 Å². The molecule has 0 radical (unpaired) electrons. The number of benzene rings is 1. The van der Waals surface area contributed by atoms with Crippen LogP contribution >= 0.6 is 46.9 Å². The highest BCUT2D eigenvalue weighted by molar-refractivity contribution is 14.0. The van der Waals surface area contributed by atoms with Crippen molar-refractivity contribution in [3.63, 3.8) is 0 Å². The van der Waals surface area contributed by atoms with E-state index in [-0.39, 0.29) is 30.5 Å². The summed E-state index contributed by atoms with van der Waals surface area (Å²) in [7, 11) is 1.69. The molecule has 8 heteroatoms. The lowest BCUT2D eigenvalue weighted by atomic mass is 10.1. The van der Waals surface area contributed by atoms with E-state index >= 15 is 0 Å². The Hall–Kier alpha value is -1.03. The number of hydrogen-bond donors (Lipinski definition) is 3. The van der Waals surface area contributed by atoms with Crippen LogP contribution in [0, 0.1) is 6.92 Å². The lowest BCUT2D eigenvalue weighted by molar-refractivity contribution is 0.191. The third kappa shape index (κ3) is 7.85.